The van der Waals surface area contributed by atoms with Gasteiger partial charge in [0.15, 0.2) is 0 Å². The summed E-state index contributed by atoms with van der Waals surface area (Å²) < 4.78 is 2.27. The van der Waals surface area contributed by atoms with Crippen molar-refractivity contribution in [3.05, 3.63) is 75.9 Å². The van der Waals surface area contributed by atoms with E-state index in [1.54, 1.807) is 60.7 Å². The molecule has 3 rings (SSSR count). The lowest BCUT2D eigenvalue weighted by molar-refractivity contribution is -0.137. The molecule has 7 nitrogen and oxygen atoms in total. The summed E-state index contributed by atoms with van der Waals surface area (Å²) in [5, 5.41) is 12.1. The van der Waals surface area contributed by atoms with Gasteiger partial charge in [0.1, 0.15) is 0 Å². The number of carboxylic acids is 1. The summed E-state index contributed by atoms with van der Waals surface area (Å²) in [7, 11) is 0. The summed E-state index contributed by atoms with van der Waals surface area (Å²) in [4.78, 5) is 35.8. The molecule has 0 radical (unpaired) electrons. The normalized spacial score (nSPS) is 10.5. The first-order valence-electron chi connectivity index (χ1n) is 8.90. The van der Waals surface area contributed by atoms with Gasteiger partial charge in [-0.05, 0) is 48.5 Å². The molecule has 1 aromatic heterocycles. The van der Waals surface area contributed by atoms with Gasteiger partial charge in [0.2, 0.25) is 0 Å². The van der Waals surface area contributed by atoms with Gasteiger partial charge in [-0.25, -0.2) is 0 Å². The number of halogens is 2. The van der Waals surface area contributed by atoms with Crippen LogP contribution < -0.4 is 10.7 Å². The maximum absolute atomic E-state index is 12.5. The summed E-state index contributed by atoms with van der Waals surface area (Å²) >= 11 is 9.25. The molecule has 30 heavy (non-hydrogen) atoms. The van der Waals surface area contributed by atoms with Crippen molar-refractivity contribution in [2.24, 2.45) is 0 Å². The molecule has 3 aromatic rings. The SMILES string of the molecule is O=C(O)CCc1ccc(-c2ccc(Cl)cc2)n1NC(=O)C(=O)Nc1ccc(Br)cc1. The van der Waals surface area contributed by atoms with Gasteiger partial charge in [0.05, 0.1) is 12.1 Å². The predicted octanol–water partition coefficient (Wildman–Crippen LogP) is 4.30. The van der Waals surface area contributed by atoms with E-state index in [-0.39, 0.29) is 12.8 Å². The first-order chi connectivity index (χ1) is 14.3. The van der Waals surface area contributed by atoms with Crippen LogP contribution in [0.1, 0.15) is 12.1 Å². The van der Waals surface area contributed by atoms with Crippen LogP contribution >= 0.6 is 27.5 Å². The van der Waals surface area contributed by atoms with Crippen LogP contribution in [-0.4, -0.2) is 27.6 Å². The molecule has 0 saturated carbocycles. The monoisotopic (exact) mass is 489 g/mol. The van der Waals surface area contributed by atoms with E-state index in [1.165, 1.54) is 4.68 Å². The van der Waals surface area contributed by atoms with Gasteiger partial charge >= 0.3 is 17.8 Å². The van der Waals surface area contributed by atoms with Crippen LogP contribution in [0.2, 0.25) is 5.02 Å². The fraction of sp³-hybridized carbons (Fsp3) is 0.0952. The van der Waals surface area contributed by atoms with Crippen molar-refractivity contribution >= 4 is 51.0 Å². The fourth-order valence-corrected chi connectivity index (χ4v) is 3.15. The number of aryl methyl sites for hydroxylation is 1. The number of anilines is 1. The number of benzene rings is 2. The Labute approximate surface area is 185 Å². The van der Waals surface area contributed by atoms with E-state index in [4.69, 9.17) is 16.7 Å². The van der Waals surface area contributed by atoms with Crippen LogP contribution in [0.5, 0.6) is 0 Å². The molecular weight excluding hydrogens is 474 g/mol. The maximum Gasteiger partial charge on any atom is 0.328 e. The van der Waals surface area contributed by atoms with Gasteiger partial charge < -0.3 is 10.4 Å². The van der Waals surface area contributed by atoms with E-state index in [2.05, 4.69) is 26.7 Å². The standard InChI is InChI=1S/C21H17BrClN3O4/c22-14-3-7-16(8-4-14)24-20(29)21(30)25-26-17(10-12-19(27)28)9-11-18(26)13-1-5-15(23)6-2-13/h1-9,11H,10,12H2,(H,24,29)(H,25,30)(H,27,28). The second-order valence-electron chi connectivity index (χ2n) is 6.35. The highest BCUT2D eigenvalue weighted by atomic mass is 79.9. The number of aliphatic carboxylic acids is 1. The molecule has 0 unspecified atom stereocenters. The summed E-state index contributed by atoms with van der Waals surface area (Å²) in [6.07, 6.45) is 0.0581. The quantitative estimate of drug-likeness (QED) is 0.449. The first-order valence-corrected chi connectivity index (χ1v) is 10.1. The Balaban J connectivity index is 1.84. The van der Waals surface area contributed by atoms with Gasteiger partial charge in [0.25, 0.3) is 0 Å². The molecule has 2 amide bonds. The van der Waals surface area contributed by atoms with Crippen LogP contribution in [0.15, 0.2) is 65.1 Å². The number of carbonyl (C=O) groups is 3. The molecule has 0 saturated heterocycles. The Morgan fingerprint density at radius 3 is 2.23 bits per heavy atom. The fourth-order valence-electron chi connectivity index (χ4n) is 2.76. The van der Waals surface area contributed by atoms with Crippen LogP contribution in [-0.2, 0) is 20.8 Å². The molecular formula is C21H17BrClN3O4. The van der Waals surface area contributed by atoms with Crippen LogP contribution in [0.3, 0.4) is 0 Å². The van der Waals surface area contributed by atoms with E-state index in [0.29, 0.717) is 22.1 Å². The van der Waals surface area contributed by atoms with Crippen molar-refractivity contribution in [3.63, 3.8) is 0 Å². The predicted molar refractivity (Wildman–Crippen MR) is 118 cm³/mol. The highest BCUT2D eigenvalue weighted by Crippen LogP contribution is 2.24. The van der Waals surface area contributed by atoms with E-state index in [1.807, 2.05) is 0 Å². The van der Waals surface area contributed by atoms with Crippen molar-refractivity contribution in [1.82, 2.24) is 4.68 Å². The molecule has 0 aliphatic carbocycles. The summed E-state index contributed by atoms with van der Waals surface area (Å²) in [5.74, 6) is -2.70. The van der Waals surface area contributed by atoms with E-state index < -0.39 is 17.8 Å². The van der Waals surface area contributed by atoms with Crippen molar-refractivity contribution in [2.45, 2.75) is 12.8 Å². The molecule has 1 heterocycles. The second kappa shape index (κ2) is 9.60. The number of nitrogens with zero attached hydrogens (tertiary/aromatic N) is 1. The molecule has 154 valence electrons. The average molecular weight is 491 g/mol. The Morgan fingerprint density at radius 2 is 1.60 bits per heavy atom. The topological polar surface area (TPSA) is 100 Å². The van der Waals surface area contributed by atoms with Crippen LogP contribution in [0.25, 0.3) is 11.3 Å². The van der Waals surface area contributed by atoms with Gasteiger partial charge in [-0.3, -0.25) is 24.5 Å². The zero-order chi connectivity index (χ0) is 21.7. The van der Waals surface area contributed by atoms with Crippen LogP contribution in [0.4, 0.5) is 5.69 Å². The van der Waals surface area contributed by atoms with E-state index >= 15 is 0 Å². The maximum atomic E-state index is 12.5. The van der Waals surface area contributed by atoms with Crippen molar-refractivity contribution in [2.75, 3.05) is 10.7 Å². The Kier molecular flexibility index (Phi) is 6.91. The minimum absolute atomic E-state index is 0.120. The molecule has 9 heteroatoms. The number of hydrogen-bond donors (Lipinski definition) is 3. The Bertz CT molecular complexity index is 1080. The van der Waals surface area contributed by atoms with Gasteiger partial charge in [-0.2, -0.15) is 0 Å². The lowest BCUT2D eigenvalue weighted by Gasteiger charge is -2.15. The number of aromatic nitrogens is 1. The lowest BCUT2D eigenvalue weighted by Crippen LogP contribution is -2.35. The smallest absolute Gasteiger partial charge is 0.328 e. The lowest BCUT2D eigenvalue weighted by atomic mass is 10.2. The number of nitrogens with one attached hydrogen (secondary N) is 2. The molecule has 0 atom stereocenters. The Morgan fingerprint density at radius 1 is 0.933 bits per heavy atom. The summed E-state index contributed by atoms with van der Waals surface area (Å²) in [6, 6.07) is 17.2. The number of carboxylic acid groups (broad SMARTS) is 1. The zero-order valence-electron chi connectivity index (χ0n) is 15.6. The number of rotatable bonds is 6. The van der Waals surface area contributed by atoms with Gasteiger partial charge in [-0.15, -0.1) is 0 Å². The molecule has 0 fully saturated rings. The van der Waals surface area contributed by atoms with Crippen molar-refractivity contribution in [3.8, 4) is 11.3 Å². The molecule has 3 N–H and O–H groups in total. The number of amides is 2. The minimum Gasteiger partial charge on any atom is -0.481 e. The third-order valence-electron chi connectivity index (χ3n) is 4.22. The van der Waals surface area contributed by atoms with Gasteiger partial charge in [0, 0.05) is 32.9 Å². The third-order valence-corrected chi connectivity index (χ3v) is 5.00. The largest absolute Gasteiger partial charge is 0.481 e. The van der Waals surface area contributed by atoms with E-state index in [9.17, 15) is 14.4 Å². The third kappa shape index (κ3) is 5.49. The van der Waals surface area contributed by atoms with Crippen LogP contribution in [0, 0.1) is 0 Å². The number of hydrogen-bond acceptors (Lipinski definition) is 3. The highest BCUT2D eigenvalue weighted by Gasteiger charge is 2.19. The molecule has 0 aliphatic heterocycles. The number of carbonyl (C=O) groups excluding carboxylic acids is 2. The highest BCUT2D eigenvalue weighted by molar-refractivity contribution is 9.10. The summed E-state index contributed by atoms with van der Waals surface area (Å²) in [6.45, 7) is 0. The van der Waals surface area contributed by atoms with Gasteiger partial charge in [-0.1, -0.05) is 39.7 Å². The molecule has 0 bridgehead atoms. The van der Waals surface area contributed by atoms with E-state index in [0.717, 1.165) is 10.0 Å². The first kappa shape index (κ1) is 21.6. The minimum atomic E-state index is -0.963. The Hall–Kier alpha value is -3.10. The molecule has 2 aromatic carbocycles. The molecule has 0 aliphatic rings. The second-order valence-corrected chi connectivity index (χ2v) is 7.70. The van der Waals surface area contributed by atoms with Crippen molar-refractivity contribution < 1.29 is 19.5 Å². The molecule has 0 spiro atoms. The summed E-state index contributed by atoms with van der Waals surface area (Å²) in [5.41, 5.74) is 4.91. The van der Waals surface area contributed by atoms with Crippen molar-refractivity contribution in [1.29, 1.82) is 0 Å². The zero-order valence-corrected chi connectivity index (χ0v) is 17.9. The average Bonchev–Trinajstić information content (AvgIpc) is 3.11.